The van der Waals surface area contributed by atoms with Crippen LogP contribution in [0, 0.1) is 5.92 Å². The summed E-state index contributed by atoms with van der Waals surface area (Å²) in [7, 11) is 1.91. The zero-order valence-corrected chi connectivity index (χ0v) is 13.0. The largest absolute Gasteiger partial charge is 0.387 e. The molecule has 0 aliphatic heterocycles. The first-order chi connectivity index (χ1) is 10.8. The SMILES string of the molecule is CNc1ccc(-c2cn(C3CC(CN)C3)nc2C2CC2)nc1. The highest BCUT2D eigenvalue weighted by atomic mass is 15.3. The van der Waals surface area contributed by atoms with Crippen molar-refractivity contribution in [1.82, 2.24) is 14.8 Å². The maximum absolute atomic E-state index is 5.74. The molecule has 2 saturated carbocycles. The fraction of sp³-hybridized carbons (Fsp3) is 0.529. The van der Waals surface area contributed by atoms with E-state index in [1.54, 1.807) is 0 Å². The maximum Gasteiger partial charge on any atom is 0.0749 e. The Morgan fingerprint density at radius 3 is 2.73 bits per heavy atom. The molecule has 2 fully saturated rings. The highest BCUT2D eigenvalue weighted by Gasteiger charge is 2.34. The maximum atomic E-state index is 5.74. The molecule has 0 radical (unpaired) electrons. The minimum atomic E-state index is 0.524. The Hall–Kier alpha value is -1.88. The first-order valence-corrected chi connectivity index (χ1v) is 8.21. The molecular weight excluding hydrogens is 274 g/mol. The van der Waals surface area contributed by atoms with Gasteiger partial charge in [0.1, 0.15) is 0 Å². The average Bonchev–Trinajstić information content (AvgIpc) is 3.27. The van der Waals surface area contributed by atoms with Crippen LogP contribution in [0.1, 0.15) is 43.3 Å². The fourth-order valence-corrected chi connectivity index (χ4v) is 3.26. The van der Waals surface area contributed by atoms with Crippen molar-refractivity contribution in [1.29, 1.82) is 0 Å². The molecule has 2 aliphatic rings. The number of pyridine rings is 1. The number of hydrogen-bond acceptors (Lipinski definition) is 4. The molecule has 5 heteroatoms. The van der Waals surface area contributed by atoms with E-state index in [0.29, 0.717) is 17.9 Å². The third-order valence-corrected chi connectivity index (χ3v) is 4.97. The van der Waals surface area contributed by atoms with Gasteiger partial charge in [0, 0.05) is 24.7 Å². The van der Waals surface area contributed by atoms with Crippen LogP contribution in [0.25, 0.3) is 11.3 Å². The lowest BCUT2D eigenvalue weighted by molar-refractivity contribution is 0.189. The Morgan fingerprint density at radius 2 is 2.14 bits per heavy atom. The second kappa shape index (κ2) is 5.39. The first kappa shape index (κ1) is 13.8. The number of hydrogen-bond donors (Lipinski definition) is 2. The van der Waals surface area contributed by atoms with Gasteiger partial charge >= 0.3 is 0 Å². The van der Waals surface area contributed by atoms with Gasteiger partial charge < -0.3 is 11.1 Å². The Morgan fingerprint density at radius 1 is 1.32 bits per heavy atom. The summed E-state index contributed by atoms with van der Waals surface area (Å²) in [6.45, 7) is 0.799. The summed E-state index contributed by atoms with van der Waals surface area (Å²) in [5.41, 5.74) is 10.3. The zero-order chi connectivity index (χ0) is 15.1. The van der Waals surface area contributed by atoms with Crippen molar-refractivity contribution in [2.45, 2.75) is 37.6 Å². The Kier molecular flexibility index (Phi) is 3.37. The molecule has 0 spiro atoms. The van der Waals surface area contributed by atoms with Crippen LogP contribution in [0.5, 0.6) is 0 Å². The van der Waals surface area contributed by atoms with Crippen molar-refractivity contribution in [2.24, 2.45) is 11.7 Å². The number of anilines is 1. The van der Waals surface area contributed by atoms with Gasteiger partial charge in [0.05, 0.1) is 29.3 Å². The summed E-state index contributed by atoms with van der Waals surface area (Å²) in [6.07, 6.45) is 8.93. The standard InChI is InChI=1S/C17H23N5/c1-19-13-4-5-16(20-9-13)15-10-22(14-6-11(7-14)8-18)21-17(15)12-2-3-12/h4-5,9-12,14,19H,2-3,6-8,18H2,1H3. The molecule has 116 valence electrons. The van der Waals surface area contributed by atoms with Crippen LogP contribution in [-0.2, 0) is 0 Å². The minimum absolute atomic E-state index is 0.524. The topological polar surface area (TPSA) is 68.8 Å². The van der Waals surface area contributed by atoms with E-state index in [9.17, 15) is 0 Å². The summed E-state index contributed by atoms with van der Waals surface area (Å²) < 4.78 is 2.17. The summed E-state index contributed by atoms with van der Waals surface area (Å²) in [5, 5.41) is 8.02. The fourth-order valence-electron chi connectivity index (χ4n) is 3.26. The van der Waals surface area contributed by atoms with Crippen LogP contribution in [0.3, 0.4) is 0 Å². The lowest BCUT2D eigenvalue weighted by Crippen LogP contribution is -2.32. The first-order valence-electron chi connectivity index (χ1n) is 8.21. The molecule has 22 heavy (non-hydrogen) atoms. The van der Waals surface area contributed by atoms with E-state index in [1.807, 2.05) is 13.2 Å². The Balaban J connectivity index is 1.64. The van der Waals surface area contributed by atoms with Gasteiger partial charge in [0.2, 0.25) is 0 Å². The monoisotopic (exact) mass is 297 g/mol. The van der Waals surface area contributed by atoms with Crippen LogP contribution in [-0.4, -0.2) is 28.4 Å². The van der Waals surface area contributed by atoms with Gasteiger partial charge in [-0.3, -0.25) is 9.67 Å². The van der Waals surface area contributed by atoms with E-state index in [0.717, 1.165) is 30.8 Å². The van der Waals surface area contributed by atoms with Gasteiger partial charge in [-0.05, 0) is 50.3 Å². The lowest BCUT2D eigenvalue weighted by Gasteiger charge is -2.34. The summed E-state index contributed by atoms with van der Waals surface area (Å²) >= 11 is 0. The quantitative estimate of drug-likeness (QED) is 0.890. The second-order valence-electron chi connectivity index (χ2n) is 6.59. The molecule has 0 saturated heterocycles. The summed E-state index contributed by atoms with van der Waals surface area (Å²) in [5.74, 6) is 1.31. The highest BCUT2D eigenvalue weighted by Crippen LogP contribution is 2.45. The normalized spacial score (nSPS) is 24.1. The van der Waals surface area contributed by atoms with E-state index < -0.39 is 0 Å². The van der Waals surface area contributed by atoms with Crippen LogP contribution >= 0.6 is 0 Å². The predicted molar refractivity (Wildman–Crippen MR) is 87.8 cm³/mol. The van der Waals surface area contributed by atoms with Crippen molar-refractivity contribution >= 4 is 5.69 Å². The van der Waals surface area contributed by atoms with Crippen LogP contribution in [0.2, 0.25) is 0 Å². The molecule has 2 aliphatic carbocycles. The van der Waals surface area contributed by atoms with Crippen molar-refractivity contribution < 1.29 is 0 Å². The number of rotatable bonds is 5. The van der Waals surface area contributed by atoms with Gasteiger partial charge in [-0.1, -0.05) is 0 Å². The molecule has 0 atom stereocenters. The summed E-state index contributed by atoms with van der Waals surface area (Å²) in [6, 6.07) is 4.68. The van der Waals surface area contributed by atoms with E-state index in [4.69, 9.17) is 10.8 Å². The number of nitrogens with one attached hydrogen (secondary N) is 1. The molecule has 2 aromatic rings. The summed E-state index contributed by atoms with van der Waals surface area (Å²) in [4.78, 5) is 4.60. The Bertz CT molecular complexity index is 650. The molecular formula is C17H23N5. The van der Waals surface area contributed by atoms with Crippen molar-refractivity contribution in [3.8, 4) is 11.3 Å². The van der Waals surface area contributed by atoms with Crippen molar-refractivity contribution in [3.63, 3.8) is 0 Å². The van der Waals surface area contributed by atoms with Gasteiger partial charge in [0.15, 0.2) is 0 Å². The molecule has 4 rings (SSSR count). The van der Waals surface area contributed by atoms with E-state index in [2.05, 4.69) is 33.3 Å². The zero-order valence-electron chi connectivity index (χ0n) is 13.0. The molecule has 3 N–H and O–H groups in total. The van der Waals surface area contributed by atoms with Crippen LogP contribution in [0.4, 0.5) is 5.69 Å². The smallest absolute Gasteiger partial charge is 0.0749 e. The average molecular weight is 297 g/mol. The van der Waals surface area contributed by atoms with Crippen molar-refractivity contribution in [2.75, 3.05) is 18.9 Å². The van der Waals surface area contributed by atoms with E-state index in [-0.39, 0.29) is 0 Å². The second-order valence-corrected chi connectivity index (χ2v) is 6.59. The van der Waals surface area contributed by atoms with Gasteiger partial charge in [0.25, 0.3) is 0 Å². The van der Waals surface area contributed by atoms with Gasteiger partial charge in [-0.25, -0.2) is 0 Å². The van der Waals surface area contributed by atoms with Gasteiger partial charge in [-0.15, -0.1) is 0 Å². The third kappa shape index (κ3) is 2.39. The van der Waals surface area contributed by atoms with Gasteiger partial charge in [-0.2, -0.15) is 5.10 Å². The number of nitrogens with two attached hydrogens (primary N) is 1. The molecule has 5 nitrogen and oxygen atoms in total. The molecule has 0 amide bonds. The van der Waals surface area contributed by atoms with Crippen LogP contribution in [0.15, 0.2) is 24.5 Å². The molecule has 2 heterocycles. The van der Waals surface area contributed by atoms with E-state index >= 15 is 0 Å². The number of nitrogens with zero attached hydrogens (tertiary/aromatic N) is 3. The molecule has 0 aromatic carbocycles. The van der Waals surface area contributed by atoms with Crippen LogP contribution < -0.4 is 11.1 Å². The molecule has 2 aromatic heterocycles. The minimum Gasteiger partial charge on any atom is -0.387 e. The predicted octanol–water partition coefficient (Wildman–Crippen LogP) is 2.77. The number of aromatic nitrogens is 3. The lowest BCUT2D eigenvalue weighted by atomic mass is 9.80. The third-order valence-electron chi connectivity index (χ3n) is 4.97. The molecule has 0 bridgehead atoms. The van der Waals surface area contributed by atoms with E-state index in [1.165, 1.54) is 24.1 Å². The molecule has 0 unspecified atom stereocenters. The highest BCUT2D eigenvalue weighted by molar-refractivity contribution is 5.64. The van der Waals surface area contributed by atoms with Crippen molar-refractivity contribution in [3.05, 3.63) is 30.2 Å². The Labute approximate surface area is 130 Å².